The Morgan fingerprint density at radius 2 is 1.73 bits per heavy atom. The van der Waals surface area contributed by atoms with E-state index in [-0.39, 0.29) is 29.8 Å². The molecule has 0 spiro atoms. The van der Waals surface area contributed by atoms with E-state index in [9.17, 15) is 24.0 Å². The maximum atomic E-state index is 13.3. The van der Waals surface area contributed by atoms with Crippen molar-refractivity contribution in [1.82, 2.24) is 29.8 Å². The second-order valence-corrected chi connectivity index (χ2v) is 12.8. The molecule has 7 rings (SSSR count). The highest BCUT2D eigenvalue weighted by Gasteiger charge is 2.45. The van der Waals surface area contributed by atoms with Crippen LogP contribution in [-0.2, 0) is 22.4 Å². The van der Waals surface area contributed by atoms with E-state index in [0.717, 1.165) is 66.1 Å². The third kappa shape index (κ3) is 7.05. The van der Waals surface area contributed by atoms with Crippen molar-refractivity contribution in [2.75, 3.05) is 11.9 Å². The number of nitrogens with zero attached hydrogens (tertiary/aromatic N) is 5. The number of fused-ring (bicyclic) bond motifs is 2. The minimum Gasteiger partial charge on any atom is -0.469 e. The van der Waals surface area contributed by atoms with Gasteiger partial charge in [-0.25, -0.2) is 4.98 Å². The summed E-state index contributed by atoms with van der Waals surface area (Å²) < 4.78 is 7.34. The molecular formula is C38H37N7O6. The Morgan fingerprint density at radius 1 is 0.902 bits per heavy atom. The fourth-order valence-corrected chi connectivity index (χ4v) is 6.75. The number of hydrogen-bond acceptors (Lipinski definition) is 10. The number of piperidine rings is 1. The average molecular weight is 688 g/mol. The zero-order valence-electron chi connectivity index (χ0n) is 28.0. The molecule has 4 amide bonds. The normalized spacial score (nSPS) is 15.8. The summed E-state index contributed by atoms with van der Waals surface area (Å²) in [6.07, 6.45) is 11.6. The first-order chi connectivity index (χ1) is 24.9. The van der Waals surface area contributed by atoms with Crippen LogP contribution in [0.15, 0.2) is 77.8 Å². The highest BCUT2D eigenvalue weighted by atomic mass is 16.3. The van der Waals surface area contributed by atoms with E-state index in [0.29, 0.717) is 36.3 Å². The van der Waals surface area contributed by atoms with Crippen LogP contribution in [0.25, 0.3) is 16.8 Å². The molecule has 2 N–H and O–H groups in total. The van der Waals surface area contributed by atoms with Gasteiger partial charge in [0.1, 0.15) is 24.0 Å². The van der Waals surface area contributed by atoms with Crippen molar-refractivity contribution < 1.29 is 28.4 Å². The van der Waals surface area contributed by atoms with Gasteiger partial charge in [0.2, 0.25) is 11.8 Å². The summed E-state index contributed by atoms with van der Waals surface area (Å²) in [6.45, 7) is 0.603. The van der Waals surface area contributed by atoms with Crippen LogP contribution in [0.4, 0.5) is 5.69 Å². The lowest BCUT2D eigenvalue weighted by molar-refractivity contribution is -0.136. The molecule has 2 aliphatic rings. The summed E-state index contributed by atoms with van der Waals surface area (Å²) >= 11 is 0. The third-order valence-corrected chi connectivity index (χ3v) is 9.47. The van der Waals surface area contributed by atoms with Crippen LogP contribution in [0.3, 0.4) is 0 Å². The number of unbranched alkanes of at least 4 members (excludes halogenated alkanes) is 4. The molecule has 1 unspecified atom stereocenters. The van der Waals surface area contributed by atoms with Crippen LogP contribution >= 0.6 is 0 Å². The molecule has 1 atom stereocenters. The van der Waals surface area contributed by atoms with Crippen molar-refractivity contribution in [3.63, 3.8) is 0 Å². The molecular weight excluding hydrogens is 650 g/mol. The number of hydrogen-bond donors (Lipinski definition) is 2. The Kier molecular flexibility index (Phi) is 9.77. The zero-order chi connectivity index (χ0) is 35.3. The van der Waals surface area contributed by atoms with E-state index in [2.05, 4.69) is 25.8 Å². The van der Waals surface area contributed by atoms with Gasteiger partial charge in [-0.2, -0.15) is 0 Å². The van der Waals surface area contributed by atoms with Crippen LogP contribution in [0.2, 0.25) is 0 Å². The first-order valence-corrected chi connectivity index (χ1v) is 17.3. The van der Waals surface area contributed by atoms with Crippen LogP contribution in [-0.4, -0.2) is 66.5 Å². The maximum absolute atomic E-state index is 13.3. The Morgan fingerprint density at radius 3 is 2.53 bits per heavy atom. The first-order valence-electron chi connectivity index (χ1n) is 17.3. The molecule has 1 saturated heterocycles. The van der Waals surface area contributed by atoms with E-state index < -0.39 is 29.7 Å². The topological polar surface area (TPSA) is 169 Å². The number of rotatable bonds is 15. The van der Waals surface area contributed by atoms with Crippen LogP contribution in [0, 0.1) is 0 Å². The van der Waals surface area contributed by atoms with E-state index >= 15 is 0 Å². The number of carbonyl (C=O) groups is 5. The molecule has 1 fully saturated rings. The number of aromatic nitrogens is 4. The number of nitrogens with one attached hydrogen (secondary N) is 2. The Balaban J connectivity index is 0.843. The maximum Gasteiger partial charge on any atom is 0.264 e. The van der Waals surface area contributed by atoms with Gasteiger partial charge in [-0.3, -0.25) is 38.6 Å². The van der Waals surface area contributed by atoms with Gasteiger partial charge in [-0.15, -0.1) is 10.2 Å². The molecule has 0 aliphatic carbocycles. The minimum atomic E-state index is -0.995. The minimum absolute atomic E-state index is 0.0767. The molecule has 5 aromatic rings. The van der Waals surface area contributed by atoms with Crippen molar-refractivity contribution in [2.24, 2.45) is 0 Å². The van der Waals surface area contributed by atoms with Crippen molar-refractivity contribution in [1.29, 1.82) is 0 Å². The lowest BCUT2D eigenvalue weighted by Gasteiger charge is -2.27. The number of carbonyl (C=O) groups excluding carboxylic acids is 5. The van der Waals surface area contributed by atoms with Gasteiger partial charge in [0.25, 0.3) is 11.8 Å². The van der Waals surface area contributed by atoms with Gasteiger partial charge in [-0.05, 0) is 49.1 Å². The number of aryl methyl sites for hydroxylation is 2. The number of benzene rings is 2. The SMILES string of the molecule is O=C1CCC(N2C(=O)c3cccc(NCCCCCCCC(=O)c4ccc(-c5cnc(CCc6ccco6)n6cnnc56)cc4)c3C2=O)C(=O)N1. The van der Waals surface area contributed by atoms with Crippen LogP contribution < -0.4 is 10.6 Å². The number of anilines is 1. The Labute approximate surface area is 293 Å². The average Bonchev–Trinajstić information content (AvgIpc) is 3.90. The van der Waals surface area contributed by atoms with E-state index in [1.807, 2.05) is 40.8 Å². The zero-order valence-corrected chi connectivity index (χ0v) is 28.0. The second-order valence-electron chi connectivity index (χ2n) is 12.8. The molecule has 0 bridgehead atoms. The predicted molar refractivity (Wildman–Crippen MR) is 186 cm³/mol. The van der Waals surface area contributed by atoms with Gasteiger partial charge in [0, 0.05) is 55.2 Å². The van der Waals surface area contributed by atoms with Crippen molar-refractivity contribution in [2.45, 2.75) is 70.3 Å². The molecule has 13 heteroatoms. The summed E-state index contributed by atoms with van der Waals surface area (Å²) in [7, 11) is 0. The lowest BCUT2D eigenvalue weighted by atomic mass is 10.0. The smallest absolute Gasteiger partial charge is 0.264 e. The Hall–Kier alpha value is -5.98. The first kappa shape index (κ1) is 33.5. The molecule has 260 valence electrons. The number of amides is 4. The summed E-state index contributed by atoms with van der Waals surface area (Å²) in [5.41, 5.74) is 4.20. The third-order valence-electron chi connectivity index (χ3n) is 9.47. The highest BCUT2D eigenvalue weighted by Crippen LogP contribution is 2.32. The van der Waals surface area contributed by atoms with Crippen LogP contribution in [0.5, 0.6) is 0 Å². The number of imide groups is 2. The van der Waals surface area contributed by atoms with Crippen molar-refractivity contribution in [3.05, 3.63) is 102 Å². The summed E-state index contributed by atoms with van der Waals surface area (Å²) in [5, 5.41) is 13.9. The van der Waals surface area contributed by atoms with E-state index in [1.54, 1.807) is 37.0 Å². The molecule has 51 heavy (non-hydrogen) atoms. The molecule has 2 aromatic carbocycles. The number of furan rings is 1. The van der Waals surface area contributed by atoms with Gasteiger partial charge in [0.15, 0.2) is 11.4 Å². The summed E-state index contributed by atoms with van der Waals surface area (Å²) in [4.78, 5) is 68.8. The fourth-order valence-electron chi connectivity index (χ4n) is 6.75. The molecule has 13 nitrogen and oxygen atoms in total. The van der Waals surface area contributed by atoms with E-state index in [1.165, 1.54) is 0 Å². The van der Waals surface area contributed by atoms with Gasteiger partial charge in [-0.1, -0.05) is 49.6 Å². The summed E-state index contributed by atoms with van der Waals surface area (Å²) in [5.74, 6) is -0.244. The molecule has 5 heterocycles. The number of ketones is 1. The largest absolute Gasteiger partial charge is 0.469 e. The van der Waals surface area contributed by atoms with Gasteiger partial charge >= 0.3 is 0 Å². The van der Waals surface area contributed by atoms with Crippen LogP contribution in [0.1, 0.15) is 94.0 Å². The number of Topliss-reactive ketones (excluding diaryl/α,β-unsaturated/α-hetero) is 1. The molecule has 0 radical (unpaired) electrons. The van der Waals surface area contributed by atoms with Gasteiger partial charge < -0.3 is 9.73 Å². The predicted octanol–water partition coefficient (Wildman–Crippen LogP) is 5.21. The quantitative estimate of drug-likeness (QED) is 0.0847. The monoisotopic (exact) mass is 687 g/mol. The van der Waals surface area contributed by atoms with Crippen molar-refractivity contribution in [3.8, 4) is 11.1 Å². The summed E-state index contributed by atoms with van der Waals surface area (Å²) in [6, 6.07) is 15.4. The van der Waals surface area contributed by atoms with Crippen molar-refractivity contribution >= 4 is 40.7 Å². The molecule has 0 saturated carbocycles. The van der Waals surface area contributed by atoms with Gasteiger partial charge in [0.05, 0.1) is 17.4 Å². The highest BCUT2D eigenvalue weighted by molar-refractivity contribution is 6.25. The standard InChI is InChI=1S/C38H37N7O6/c46-31(25-14-12-24(13-15-25)28-22-40-32(44-23-41-43-35(28)44)18-16-26-8-7-21-51-26)11-4-2-1-3-5-20-39-29-10-6-9-27-34(29)38(50)45(37(27)49)30-17-19-33(47)42-36(30)48/h6-10,12-15,21-23,30,39H,1-5,11,16-20H2,(H,42,47,48). The fraction of sp³-hybridized carbons (Fsp3) is 0.316. The lowest BCUT2D eigenvalue weighted by Crippen LogP contribution is -2.54. The molecule has 3 aromatic heterocycles. The van der Waals surface area contributed by atoms with E-state index in [4.69, 9.17) is 4.42 Å². The second kappa shape index (κ2) is 14.9. The molecule has 2 aliphatic heterocycles. The Bertz CT molecular complexity index is 2100.